The molecule has 26 heavy (non-hydrogen) atoms. The summed E-state index contributed by atoms with van der Waals surface area (Å²) in [6.07, 6.45) is 6.57. The number of hydrogen-bond acceptors (Lipinski definition) is 6. The molecule has 0 radical (unpaired) electrons. The van der Waals surface area contributed by atoms with Gasteiger partial charge in [0.25, 0.3) is 5.91 Å². The van der Waals surface area contributed by atoms with Crippen molar-refractivity contribution in [3.05, 3.63) is 52.4 Å². The third kappa shape index (κ3) is 5.17. The third-order valence-corrected chi connectivity index (χ3v) is 4.79. The summed E-state index contributed by atoms with van der Waals surface area (Å²) in [5.41, 5.74) is 2.11. The van der Waals surface area contributed by atoms with Gasteiger partial charge in [0.05, 0.1) is 12.9 Å². The Morgan fingerprint density at radius 2 is 2.46 bits per heavy atom. The second kappa shape index (κ2) is 9.51. The number of amides is 1. The number of aromatic nitrogens is 2. The highest BCUT2D eigenvalue weighted by molar-refractivity contribution is 7.08. The zero-order valence-electron chi connectivity index (χ0n) is 14.4. The van der Waals surface area contributed by atoms with Gasteiger partial charge in [-0.2, -0.15) is 11.3 Å². The molecular weight excluding hydrogens is 354 g/mol. The maximum absolute atomic E-state index is 12.5. The van der Waals surface area contributed by atoms with Crippen molar-refractivity contribution in [2.45, 2.75) is 31.5 Å². The number of ether oxygens (including phenoxy) is 2. The minimum Gasteiger partial charge on any atom is -0.459 e. The van der Waals surface area contributed by atoms with Gasteiger partial charge >= 0.3 is 0 Å². The Morgan fingerprint density at radius 3 is 3.19 bits per heavy atom. The maximum atomic E-state index is 12.5. The van der Waals surface area contributed by atoms with Crippen molar-refractivity contribution in [3.8, 4) is 0 Å². The third-order valence-electron chi connectivity index (χ3n) is 4.09. The van der Waals surface area contributed by atoms with E-state index >= 15 is 0 Å². The highest BCUT2D eigenvalue weighted by Crippen LogP contribution is 2.32. The topological polar surface area (TPSA) is 96.5 Å². The molecule has 8 heteroatoms. The number of thiophene rings is 1. The summed E-state index contributed by atoms with van der Waals surface area (Å²) in [6.45, 7) is 0.949. The fraction of sp³-hybridized carbons (Fsp3) is 0.444. The van der Waals surface area contributed by atoms with Gasteiger partial charge in [-0.05, 0) is 34.9 Å². The van der Waals surface area contributed by atoms with Gasteiger partial charge in [-0.1, -0.05) is 0 Å². The van der Waals surface area contributed by atoms with Gasteiger partial charge in [-0.25, -0.2) is 4.98 Å². The van der Waals surface area contributed by atoms with Gasteiger partial charge in [0.1, 0.15) is 0 Å². The fourth-order valence-corrected chi connectivity index (χ4v) is 3.46. The lowest BCUT2D eigenvalue weighted by Gasteiger charge is -2.28. The highest BCUT2D eigenvalue weighted by atomic mass is 32.1. The van der Waals surface area contributed by atoms with Crippen molar-refractivity contribution in [2.75, 3.05) is 19.8 Å². The smallest absolute Gasteiger partial charge is 0.286 e. The molecular formula is C18H23N3O4S. The molecule has 3 N–H and O–H groups in total. The molecule has 0 bridgehead atoms. The molecule has 0 saturated carbocycles. The number of nitrogens with zero attached hydrogens (tertiary/aromatic N) is 1. The summed E-state index contributed by atoms with van der Waals surface area (Å²) in [4.78, 5) is 19.5. The van der Waals surface area contributed by atoms with Gasteiger partial charge in [0.15, 0.2) is 5.76 Å². The van der Waals surface area contributed by atoms with Crippen LogP contribution in [0.3, 0.4) is 0 Å². The lowest BCUT2D eigenvalue weighted by Crippen LogP contribution is -2.34. The van der Waals surface area contributed by atoms with E-state index in [9.17, 15) is 4.79 Å². The Balaban J connectivity index is 1.61. The largest absolute Gasteiger partial charge is 0.459 e. The Hall–Kier alpha value is -2.16. The molecule has 2 atom stereocenters. The standard InChI is InChI=1S/C18H23N3O4S/c22-5-1-6-24-17-9-14(13-3-7-26-11-13)8-16(25-17)18(23)20-4-2-15-10-19-12-21-15/h3,7-8,10-12,14,17,22H,1-2,4-6,9H2,(H,19,21)(H,20,23)/t14-,17+/m0/s1. The van der Waals surface area contributed by atoms with Crippen LogP contribution in [0.5, 0.6) is 0 Å². The zero-order chi connectivity index (χ0) is 18.2. The average molecular weight is 377 g/mol. The van der Waals surface area contributed by atoms with Gasteiger partial charge < -0.3 is 24.9 Å². The second-order valence-corrected chi connectivity index (χ2v) is 6.79. The van der Waals surface area contributed by atoms with Crippen molar-refractivity contribution in [1.29, 1.82) is 0 Å². The van der Waals surface area contributed by atoms with Crippen molar-refractivity contribution >= 4 is 17.2 Å². The first kappa shape index (κ1) is 18.6. The van der Waals surface area contributed by atoms with Crippen molar-refractivity contribution in [1.82, 2.24) is 15.3 Å². The van der Waals surface area contributed by atoms with Crippen LogP contribution < -0.4 is 5.32 Å². The van der Waals surface area contributed by atoms with Crippen molar-refractivity contribution in [3.63, 3.8) is 0 Å². The number of carbonyl (C=O) groups is 1. The molecule has 0 saturated heterocycles. The summed E-state index contributed by atoms with van der Waals surface area (Å²) in [7, 11) is 0. The quantitative estimate of drug-likeness (QED) is 0.581. The number of H-pyrrole nitrogens is 1. The van der Waals surface area contributed by atoms with E-state index in [1.54, 1.807) is 23.9 Å². The number of aliphatic hydroxyl groups is 1. The number of imidazole rings is 1. The number of nitrogens with one attached hydrogen (secondary N) is 2. The van der Waals surface area contributed by atoms with Crippen LogP contribution in [-0.2, 0) is 20.7 Å². The van der Waals surface area contributed by atoms with Gasteiger partial charge in [-0.3, -0.25) is 4.79 Å². The first-order valence-electron chi connectivity index (χ1n) is 8.64. The molecule has 0 unspecified atom stereocenters. The summed E-state index contributed by atoms with van der Waals surface area (Å²) < 4.78 is 11.4. The van der Waals surface area contributed by atoms with E-state index < -0.39 is 6.29 Å². The first-order chi connectivity index (χ1) is 12.8. The van der Waals surface area contributed by atoms with Crippen LogP contribution in [0.15, 0.2) is 41.2 Å². The maximum Gasteiger partial charge on any atom is 0.286 e. The van der Waals surface area contributed by atoms with Crippen LogP contribution in [0.4, 0.5) is 0 Å². The van der Waals surface area contributed by atoms with E-state index in [0.717, 1.165) is 11.3 Å². The van der Waals surface area contributed by atoms with E-state index in [1.165, 1.54) is 0 Å². The highest BCUT2D eigenvalue weighted by Gasteiger charge is 2.28. The molecule has 2 aromatic rings. The molecule has 0 aromatic carbocycles. The number of aliphatic hydroxyl groups excluding tert-OH is 1. The monoisotopic (exact) mass is 377 g/mol. The van der Waals surface area contributed by atoms with E-state index in [2.05, 4.69) is 26.7 Å². The Morgan fingerprint density at radius 1 is 1.54 bits per heavy atom. The SMILES string of the molecule is O=C(NCCc1cnc[nH]1)C1=C[C@H](c2ccsc2)C[C@H](OCCCO)O1. The number of rotatable bonds is 9. The Labute approximate surface area is 156 Å². The van der Waals surface area contributed by atoms with Gasteiger partial charge in [0.2, 0.25) is 6.29 Å². The molecule has 0 aliphatic carbocycles. The first-order valence-corrected chi connectivity index (χ1v) is 9.59. The molecule has 3 rings (SSSR count). The lowest BCUT2D eigenvalue weighted by molar-refractivity contribution is -0.146. The number of allylic oxidation sites excluding steroid dienone is 1. The summed E-state index contributed by atoms with van der Waals surface area (Å²) >= 11 is 1.62. The molecule has 140 valence electrons. The van der Waals surface area contributed by atoms with Crippen LogP contribution >= 0.6 is 11.3 Å². The summed E-state index contributed by atoms with van der Waals surface area (Å²) in [5, 5.41) is 15.9. The molecule has 1 aliphatic heterocycles. The Bertz CT molecular complexity index is 700. The van der Waals surface area contributed by atoms with Crippen LogP contribution in [0, 0.1) is 0 Å². The van der Waals surface area contributed by atoms with E-state index in [4.69, 9.17) is 14.6 Å². The lowest BCUT2D eigenvalue weighted by atomic mass is 9.95. The van der Waals surface area contributed by atoms with Crippen LogP contribution in [-0.4, -0.2) is 47.0 Å². The molecule has 1 aliphatic rings. The molecule has 0 spiro atoms. The summed E-state index contributed by atoms with van der Waals surface area (Å²) in [6, 6.07) is 2.05. The van der Waals surface area contributed by atoms with Crippen LogP contribution in [0.1, 0.15) is 30.0 Å². The van der Waals surface area contributed by atoms with Gasteiger partial charge in [-0.15, -0.1) is 0 Å². The number of hydrogen-bond donors (Lipinski definition) is 3. The van der Waals surface area contributed by atoms with E-state index in [-0.39, 0.29) is 24.2 Å². The predicted molar refractivity (Wildman–Crippen MR) is 97.6 cm³/mol. The summed E-state index contributed by atoms with van der Waals surface area (Å²) in [5.74, 6) is 0.105. The van der Waals surface area contributed by atoms with Crippen LogP contribution in [0.25, 0.3) is 0 Å². The second-order valence-electron chi connectivity index (χ2n) is 6.01. The normalized spacial score (nSPS) is 19.7. The fourth-order valence-electron chi connectivity index (χ4n) is 2.74. The van der Waals surface area contributed by atoms with Crippen molar-refractivity contribution < 1.29 is 19.4 Å². The van der Waals surface area contributed by atoms with Gasteiger partial charge in [0, 0.05) is 43.8 Å². The van der Waals surface area contributed by atoms with Crippen molar-refractivity contribution in [2.24, 2.45) is 0 Å². The minimum atomic E-state index is -0.496. The molecule has 2 aromatic heterocycles. The Kier molecular flexibility index (Phi) is 6.82. The molecule has 0 fully saturated rings. The molecule has 3 heterocycles. The van der Waals surface area contributed by atoms with E-state index in [0.29, 0.717) is 32.4 Å². The molecule has 7 nitrogen and oxygen atoms in total. The van der Waals surface area contributed by atoms with Crippen LogP contribution in [0.2, 0.25) is 0 Å². The minimum absolute atomic E-state index is 0.0669. The zero-order valence-corrected chi connectivity index (χ0v) is 15.2. The molecule has 1 amide bonds. The number of carbonyl (C=O) groups excluding carboxylic acids is 1. The number of aromatic amines is 1. The average Bonchev–Trinajstić information content (AvgIpc) is 3.35. The van der Waals surface area contributed by atoms with E-state index in [1.807, 2.05) is 11.5 Å². The predicted octanol–water partition coefficient (Wildman–Crippen LogP) is 1.94.